The van der Waals surface area contributed by atoms with Gasteiger partial charge in [0, 0.05) is 31.8 Å². The van der Waals surface area contributed by atoms with E-state index in [1.807, 2.05) is 30.3 Å². The molecular formula is C19H18N8O2. The summed E-state index contributed by atoms with van der Waals surface area (Å²) >= 11 is 0. The van der Waals surface area contributed by atoms with Crippen LogP contribution in [0.4, 0.5) is 5.82 Å². The van der Waals surface area contributed by atoms with Crippen molar-refractivity contribution in [1.82, 2.24) is 33.9 Å². The number of anilines is 1. The van der Waals surface area contributed by atoms with Crippen molar-refractivity contribution in [1.29, 1.82) is 0 Å². The highest BCUT2D eigenvalue weighted by molar-refractivity contribution is 5.95. The number of hydrogen-bond acceptors (Lipinski definition) is 6. The SMILES string of the molecule is Cn1nc2n(c1=O)CC(C(=O)Nc1c(-c3ccccc3)cnc3ncnn13)CC2. The molecule has 0 saturated carbocycles. The van der Waals surface area contributed by atoms with Crippen LogP contribution < -0.4 is 11.0 Å². The number of benzene rings is 1. The molecule has 0 saturated heterocycles. The van der Waals surface area contributed by atoms with Gasteiger partial charge >= 0.3 is 5.69 Å². The topological polar surface area (TPSA) is 112 Å². The first-order chi connectivity index (χ1) is 14.1. The zero-order chi connectivity index (χ0) is 20.0. The van der Waals surface area contributed by atoms with E-state index in [2.05, 4.69) is 25.5 Å². The number of hydrogen-bond donors (Lipinski definition) is 1. The molecule has 146 valence electrons. The Labute approximate surface area is 164 Å². The van der Waals surface area contributed by atoms with Crippen molar-refractivity contribution in [3.8, 4) is 11.1 Å². The van der Waals surface area contributed by atoms with Crippen molar-refractivity contribution in [3.63, 3.8) is 0 Å². The van der Waals surface area contributed by atoms with E-state index in [4.69, 9.17) is 0 Å². The molecule has 4 heterocycles. The first-order valence-electron chi connectivity index (χ1n) is 9.29. The molecule has 5 rings (SSSR count). The second-order valence-electron chi connectivity index (χ2n) is 7.02. The molecule has 10 heteroatoms. The van der Waals surface area contributed by atoms with Crippen LogP contribution in [0, 0.1) is 5.92 Å². The summed E-state index contributed by atoms with van der Waals surface area (Å²) in [6, 6.07) is 9.65. The Balaban J connectivity index is 1.50. The van der Waals surface area contributed by atoms with Gasteiger partial charge in [-0.15, -0.1) is 0 Å². The van der Waals surface area contributed by atoms with E-state index in [1.54, 1.807) is 17.8 Å². The van der Waals surface area contributed by atoms with Gasteiger partial charge in [-0.3, -0.25) is 9.36 Å². The van der Waals surface area contributed by atoms with E-state index in [0.29, 0.717) is 36.8 Å². The maximum absolute atomic E-state index is 13.1. The second-order valence-corrected chi connectivity index (χ2v) is 7.02. The van der Waals surface area contributed by atoms with Crippen LogP contribution in [0.5, 0.6) is 0 Å². The van der Waals surface area contributed by atoms with Gasteiger partial charge in [-0.25, -0.2) is 14.5 Å². The molecule has 0 spiro atoms. The molecule has 0 bridgehead atoms. The fraction of sp³-hybridized carbons (Fsp3) is 0.263. The van der Waals surface area contributed by atoms with E-state index >= 15 is 0 Å². The Morgan fingerprint density at radius 1 is 1.21 bits per heavy atom. The minimum Gasteiger partial charge on any atom is -0.310 e. The molecule has 0 aliphatic carbocycles. The molecule has 29 heavy (non-hydrogen) atoms. The number of amides is 1. The summed E-state index contributed by atoms with van der Waals surface area (Å²) in [5.74, 6) is 1.10. The van der Waals surface area contributed by atoms with Crippen molar-refractivity contribution in [2.45, 2.75) is 19.4 Å². The number of fused-ring (bicyclic) bond motifs is 2. The van der Waals surface area contributed by atoms with Crippen molar-refractivity contribution in [2.24, 2.45) is 13.0 Å². The lowest BCUT2D eigenvalue weighted by molar-refractivity contribution is -0.120. The molecule has 1 atom stereocenters. The van der Waals surface area contributed by atoms with Crippen LogP contribution in [0.25, 0.3) is 16.9 Å². The van der Waals surface area contributed by atoms with Crippen molar-refractivity contribution < 1.29 is 4.79 Å². The highest BCUT2D eigenvalue weighted by Gasteiger charge is 2.29. The third-order valence-electron chi connectivity index (χ3n) is 5.21. The lowest BCUT2D eigenvalue weighted by Gasteiger charge is -2.22. The van der Waals surface area contributed by atoms with Crippen molar-refractivity contribution >= 4 is 17.5 Å². The van der Waals surface area contributed by atoms with E-state index in [9.17, 15) is 9.59 Å². The minimum absolute atomic E-state index is 0.174. The molecule has 1 N–H and O–H groups in total. The highest BCUT2D eigenvalue weighted by Crippen LogP contribution is 2.28. The van der Waals surface area contributed by atoms with Gasteiger partial charge in [0.2, 0.25) is 5.91 Å². The van der Waals surface area contributed by atoms with Crippen LogP contribution in [0.15, 0.2) is 47.7 Å². The van der Waals surface area contributed by atoms with Gasteiger partial charge < -0.3 is 5.32 Å². The minimum atomic E-state index is -0.347. The zero-order valence-electron chi connectivity index (χ0n) is 15.7. The number of aryl methyl sites for hydroxylation is 2. The molecule has 1 unspecified atom stereocenters. The number of carbonyl (C=O) groups is 1. The molecular weight excluding hydrogens is 372 g/mol. The maximum atomic E-state index is 13.1. The second kappa shape index (κ2) is 6.66. The fourth-order valence-corrected chi connectivity index (χ4v) is 3.70. The van der Waals surface area contributed by atoms with Gasteiger partial charge in [-0.2, -0.15) is 19.7 Å². The molecule has 0 radical (unpaired) electrons. The van der Waals surface area contributed by atoms with Gasteiger partial charge in [-0.05, 0) is 12.0 Å². The van der Waals surface area contributed by atoms with Crippen LogP contribution in [-0.2, 0) is 24.8 Å². The predicted octanol–water partition coefficient (Wildman–Crippen LogP) is 0.888. The van der Waals surface area contributed by atoms with Crippen molar-refractivity contribution in [3.05, 3.63) is 59.2 Å². The van der Waals surface area contributed by atoms with Crippen LogP contribution >= 0.6 is 0 Å². The molecule has 10 nitrogen and oxygen atoms in total. The van der Waals surface area contributed by atoms with Gasteiger partial charge in [-0.1, -0.05) is 30.3 Å². The van der Waals surface area contributed by atoms with Gasteiger partial charge in [0.05, 0.1) is 5.92 Å². The van der Waals surface area contributed by atoms with Gasteiger partial charge in [0.1, 0.15) is 18.0 Å². The summed E-state index contributed by atoms with van der Waals surface area (Å²) in [6.45, 7) is 0.306. The molecule has 3 aromatic heterocycles. The zero-order valence-corrected chi connectivity index (χ0v) is 15.7. The summed E-state index contributed by atoms with van der Waals surface area (Å²) in [4.78, 5) is 33.8. The van der Waals surface area contributed by atoms with E-state index in [1.165, 1.54) is 15.5 Å². The summed E-state index contributed by atoms with van der Waals surface area (Å²) in [5, 5.41) is 11.4. The molecule has 1 aliphatic heterocycles. The molecule has 1 amide bonds. The molecule has 1 aromatic carbocycles. The quantitative estimate of drug-likeness (QED) is 0.556. The molecule has 1 aliphatic rings. The van der Waals surface area contributed by atoms with Crippen molar-refractivity contribution in [2.75, 3.05) is 5.32 Å². The highest BCUT2D eigenvalue weighted by atomic mass is 16.2. The third-order valence-corrected chi connectivity index (χ3v) is 5.21. The Hall–Kier alpha value is -3.82. The van der Waals surface area contributed by atoms with Gasteiger partial charge in [0.25, 0.3) is 5.78 Å². The van der Waals surface area contributed by atoms with Crippen LogP contribution in [0.2, 0.25) is 0 Å². The Morgan fingerprint density at radius 2 is 2.03 bits per heavy atom. The van der Waals surface area contributed by atoms with Crippen LogP contribution in [0.3, 0.4) is 0 Å². The summed E-state index contributed by atoms with van der Waals surface area (Å²) in [7, 11) is 1.62. The normalized spacial score (nSPS) is 16.0. The number of carbonyl (C=O) groups excluding carboxylic acids is 1. The standard InChI is InChI=1S/C19H18N8O2/c1-25-19(29)26-10-13(7-8-15(26)24-25)17(28)23-16-14(12-5-3-2-4-6-12)9-20-18-21-11-22-27(16)18/h2-6,9,11,13H,7-8,10H2,1H3,(H,23,28). The van der Waals surface area contributed by atoms with Crippen LogP contribution in [-0.4, -0.2) is 39.8 Å². The van der Waals surface area contributed by atoms with E-state index in [0.717, 1.165) is 11.1 Å². The summed E-state index contributed by atoms with van der Waals surface area (Å²) in [6.07, 6.45) is 4.28. The number of aromatic nitrogens is 7. The molecule has 4 aromatic rings. The Bertz CT molecular complexity index is 1270. The predicted molar refractivity (Wildman–Crippen MR) is 104 cm³/mol. The Kier molecular flexibility index (Phi) is 3.97. The Morgan fingerprint density at radius 3 is 2.86 bits per heavy atom. The number of nitrogens with zero attached hydrogens (tertiary/aromatic N) is 7. The lowest BCUT2D eigenvalue weighted by Crippen LogP contribution is -2.36. The van der Waals surface area contributed by atoms with E-state index < -0.39 is 0 Å². The van der Waals surface area contributed by atoms with Crippen LogP contribution in [0.1, 0.15) is 12.2 Å². The smallest absolute Gasteiger partial charge is 0.310 e. The average molecular weight is 390 g/mol. The van der Waals surface area contributed by atoms with Gasteiger partial charge in [0.15, 0.2) is 0 Å². The lowest BCUT2D eigenvalue weighted by atomic mass is 9.98. The molecule has 0 fully saturated rings. The first-order valence-corrected chi connectivity index (χ1v) is 9.29. The summed E-state index contributed by atoms with van der Waals surface area (Å²) in [5.41, 5.74) is 1.44. The van der Waals surface area contributed by atoms with E-state index in [-0.39, 0.29) is 17.5 Å². The number of rotatable bonds is 3. The summed E-state index contributed by atoms with van der Waals surface area (Å²) < 4.78 is 4.40. The third kappa shape index (κ3) is 2.89. The first kappa shape index (κ1) is 17.3. The number of nitrogens with one attached hydrogen (secondary N) is 1. The monoisotopic (exact) mass is 390 g/mol. The fourth-order valence-electron chi connectivity index (χ4n) is 3.70. The average Bonchev–Trinajstić information content (AvgIpc) is 3.33. The maximum Gasteiger partial charge on any atom is 0.345 e. The largest absolute Gasteiger partial charge is 0.345 e.